The molecule has 0 unspecified atom stereocenters. The average molecular weight is 273 g/mol. The molecule has 2 nitrogen and oxygen atoms in total. The molecule has 0 fully saturated rings. The van der Waals surface area contributed by atoms with Gasteiger partial charge in [-0.1, -0.05) is 11.6 Å². The first-order valence-corrected chi connectivity index (χ1v) is 4.99. The standard InChI is InChI=1S/C10H7BrClNO/c1-7-6-8(12)2-3-9(7)13-10(14)4-5-11/h2-3,6H,1H3,(H,13,14). The van der Waals surface area contributed by atoms with Crippen LogP contribution >= 0.6 is 27.5 Å². The predicted octanol–water partition coefficient (Wildman–Crippen LogP) is 2.94. The van der Waals surface area contributed by atoms with E-state index in [1.165, 1.54) is 0 Å². The van der Waals surface area contributed by atoms with Crippen molar-refractivity contribution >= 4 is 39.1 Å². The molecule has 4 heteroatoms. The van der Waals surface area contributed by atoms with Crippen LogP contribution in [0.5, 0.6) is 0 Å². The van der Waals surface area contributed by atoms with Crippen LogP contribution in [0, 0.1) is 17.7 Å². The highest BCUT2D eigenvalue weighted by molar-refractivity contribution is 9.12. The van der Waals surface area contributed by atoms with Gasteiger partial charge < -0.3 is 5.32 Å². The number of aryl methyl sites for hydroxylation is 1. The van der Waals surface area contributed by atoms with E-state index in [4.69, 9.17) is 11.6 Å². The van der Waals surface area contributed by atoms with Crippen LogP contribution < -0.4 is 5.32 Å². The first kappa shape index (κ1) is 11.1. The molecule has 0 saturated carbocycles. The molecule has 1 N–H and O–H groups in total. The molecule has 0 radical (unpaired) electrons. The van der Waals surface area contributed by atoms with Gasteiger partial charge in [-0.2, -0.15) is 0 Å². The third kappa shape index (κ3) is 3.06. The SMILES string of the molecule is Cc1cc(Cl)ccc1NC(=O)C#CBr. The highest BCUT2D eigenvalue weighted by atomic mass is 79.9. The summed E-state index contributed by atoms with van der Waals surface area (Å²) in [5.41, 5.74) is 1.62. The molecular weight excluding hydrogens is 265 g/mol. The van der Waals surface area contributed by atoms with E-state index < -0.39 is 0 Å². The summed E-state index contributed by atoms with van der Waals surface area (Å²) in [6.45, 7) is 1.86. The van der Waals surface area contributed by atoms with Crippen molar-refractivity contribution in [2.75, 3.05) is 5.32 Å². The summed E-state index contributed by atoms with van der Waals surface area (Å²) in [5, 5.41) is 3.28. The third-order valence-corrected chi connectivity index (χ3v) is 2.03. The molecule has 0 aliphatic heterocycles. The fraction of sp³-hybridized carbons (Fsp3) is 0.100. The van der Waals surface area contributed by atoms with E-state index in [0.29, 0.717) is 5.02 Å². The summed E-state index contributed by atoms with van der Waals surface area (Å²) in [5.74, 6) is 1.97. The van der Waals surface area contributed by atoms with Crippen molar-refractivity contribution in [2.45, 2.75) is 6.92 Å². The molecule has 1 rings (SSSR count). The van der Waals surface area contributed by atoms with E-state index in [1.54, 1.807) is 18.2 Å². The highest BCUT2D eigenvalue weighted by Crippen LogP contribution is 2.19. The molecule has 1 amide bonds. The monoisotopic (exact) mass is 271 g/mol. The number of amides is 1. The van der Waals surface area contributed by atoms with Crippen LogP contribution in [0.4, 0.5) is 5.69 Å². The highest BCUT2D eigenvalue weighted by Gasteiger charge is 2.01. The molecule has 1 aromatic rings. The molecule has 0 saturated heterocycles. The quantitative estimate of drug-likeness (QED) is 0.783. The average Bonchev–Trinajstić information content (AvgIpc) is 2.10. The predicted molar refractivity (Wildman–Crippen MR) is 61.5 cm³/mol. The molecule has 72 valence electrons. The number of hydrogen-bond donors (Lipinski definition) is 1. The van der Waals surface area contributed by atoms with Crippen LogP contribution in [0.2, 0.25) is 5.02 Å². The van der Waals surface area contributed by atoms with Crippen LogP contribution in [0.15, 0.2) is 18.2 Å². The molecule has 1 aromatic carbocycles. The fourth-order valence-corrected chi connectivity index (χ4v) is 1.37. The lowest BCUT2D eigenvalue weighted by atomic mass is 10.2. The lowest BCUT2D eigenvalue weighted by Crippen LogP contribution is -2.09. The Morgan fingerprint density at radius 3 is 2.86 bits per heavy atom. The number of anilines is 1. The van der Waals surface area contributed by atoms with Crippen molar-refractivity contribution in [1.82, 2.24) is 0 Å². The van der Waals surface area contributed by atoms with Gasteiger partial charge in [0.1, 0.15) is 0 Å². The Balaban J connectivity index is 2.85. The van der Waals surface area contributed by atoms with Crippen molar-refractivity contribution in [3.63, 3.8) is 0 Å². The van der Waals surface area contributed by atoms with E-state index in [-0.39, 0.29) is 5.91 Å². The summed E-state index contributed by atoms with van der Waals surface area (Å²) in [4.78, 5) is 13.4. The summed E-state index contributed by atoms with van der Waals surface area (Å²) < 4.78 is 0. The summed E-state index contributed by atoms with van der Waals surface area (Å²) >= 11 is 8.62. The van der Waals surface area contributed by atoms with Crippen LogP contribution in [-0.2, 0) is 4.79 Å². The number of halogens is 2. The van der Waals surface area contributed by atoms with E-state index >= 15 is 0 Å². The molecule has 14 heavy (non-hydrogen) atoms. The van der Waals surface area contributed by atoms with Gasteiger partial charge in [-0.3, -0.25) is 4.79 Å². The lowest BCUT2D eigenvalue weighted by Gasteiger charge is -2.04. The van der Waals surface area contributed by atoms with Gasteiger partial charge in [-0.15, -0.1) is 0 Å². The topological polar surface area (TPSA) is 29.1 Å². The molecule has 0 bridgehead atoms. The second kappa shape index (κ2) is 5.04. The normalized spacial score (nSPS) is 8.79. The van der Waals surface area contributed by atoms with Crippen LogP contribution in [-0.4, -0.2) is 5.91 Å². The van der Waals surface area contributed by atoms with Crippen molar-refractivity contribution in [2.24, 2.45) is 0 Å². The van der Waals surface area contributed by atoms with Gasteiger partial charge in [0.15, 0.2) is 0 Å². The van der Waals surface area contributed by atoms with Crippen LogP contribution in [0.1, 0.15) is 5.56 Å². The van der Waals surface area contributed by atoms with Gasteiger partial charge in [0.25, 0.3) is 0 Å². The van der Waals surface area contributed by atoms with E-state index in [1.807, 2.05) is 6.92 Å². The maximum Gasteiger partial charge on any atom is 0.301 e. The van der Waals surface area contributed by atoms with E-state index in [0.717, 1.165) is 11.3 Å². The Bertz CT molecular complexity index is 420. The lowest BCUT2D eigenvalue weighted by molar-refractivity contribution is -0.111. The van der Waals surface area contributed by atoms with E-state index in [9.17, 15) is 4.79 Å². The van der Waals surface area contributed by atoms with Gasteiger partial charge in [-0.05, 0) is 35.5 Å². The molecular formula is C10H7BrClNO. The number of hydrogen-bond acceptors (Lipinski definition) is 1. The zero-order valence-corrected chi connectivity index (χ0v) is 9.74. The maximum absolute atomic E-state index is 11.1. The number of nitrogens with one attached hydrogen (secondary N) is 1. The molecule has 0 aliphatic carbocycles. The fourth-order valence-electron chi connectivity index (χ4n) is 0.964. The second-order valence-electron chi connectivity index (χ2n) is 2.63. The van der Waals surface area contributed by atoms with Crippen molar-refractivity contribution < 1.29 is 4.79 Å². The molecule has 0 heterocycles. The van der Waals surface area contributed by atoms with Gasteiger partial charge >= 0.3 is 5.91 Å². The second-order valence-corrected chi connectivity index (χ2v) is 3.47. The minimum absolute atomic E-state index is 0.354. The summed E-state index contributed by atoms with van der Waals surface area (Å²) in [7, 11) is 0. The van der Waals surface area contributed by atoms with Crippen molar-refractivity contribution in [3.8, 4) is 10.8 Å². The first-order valence-electron chi connectivity index (χ1n) is 3.82. The minimum atomic E-state index is -0.354. The number of carbonyl (C=O) groups excluding carboxylic acids is 1. The van der Waals surface area contributed by atoms with Crippen molar-refractivity contribution in [3.05, 3.63) is 28.8 Å². The zero-order chi connectivity index (χ0) is 10.6. The number of rotatable bonds is 1. The third-order valence-electron chi connectivity index (χ3n) is 1.60. The zero-order valence-electron chi connectivity index (χ0n) is 7.40. The Kier molecular flexibility index (Phi) is 3.99. The van der Waals surface area contributed by atoms with Gasteiger partial charge in [0.2, 0.25) is 0 Å². The van der Waals surface area contributed by atoms with Crippen molar-refractivity contribution in [1.29, 1.82) is 0 Å². The Hall–Kier alpha value is -0.980. The summed E-state index contributed by atoms with van der Waals surface area (Å²) in [6.07, 6.45) is 0. The molecule has 0 atom stereocenters. The minimum Gasteiger partial charge on any atom is -0.315 e. The van der Waals surface area contributed by atoms with E-state index in [2.05, 4.69) is 32.0 Å². The Morgan fingerprint density at radius 2 is 2.29 bits per heavy atom. The van der Waals surface area contributed by atoms with Gasteiger partial charge in [-0.25, -0.2) is 0 Å². The molecule has 0 aliphatic rings. The molecule has 0 aromatic heterocycles. The maximum atomic E-state index is 11.1. The number of carbonyl (C=O) groups is 1. The van der Waals surface area contributed by atoms with Gasteiger partial charge in [0, 0.05) is 32.6 Å². The molecule has 0 spiro atoms. The first-order chi connectivity index (χ1) is 6.63. The summed E-state index contributed by atoms with van der Waals surface area (Å²) in [6, 6.07) is 5.23. The largest absolute Gasteiger partial charge is 0.315 e. The van der Waals surface area contributed by atoms with Crippen LogP contribution in [0.3, 0.4) is 0 Å². The Morgan fingerprint density at radius 1 is 1.57 bits per heavy atom. The number of benzene rings is 1. The Labute approximate surface area is 95.8 Å². The van der Waals surface area contributed by atoms with Gasteiger partial charge in [0.05, 0.1) is 0 Å². The smallest absolute Gasteiger partial charge is 0.301 e. The van der Waals surface area contributed by atoms with Crippen LogP contribution in [0.25, 0.3) is 0 Å².